The van der Waals surface area contributed by atoms with E-state index < -0.39 is 10.0 Å². The lowest BCUT2D eigenvalue weighted by atomic mass is 10.2. The number of aryl methyl sites for hydroxylation is 1. The van der Waals surface area contributed by atoms with E-state index in [-0.39, 0.29) is 30.0 Å². The van der Waals surface area contributed by atoms with Crippen LogP contribution in [0.15, 0.2) is 35.2 Å². The summed E-state index contributed by atoms with van der Waals surface area (Å²) in [5.74, 6) is -0.0243. The van der Waals surface area contributed by atoms with Gasteiger partial charge in [0.05, 0.1) is 17.1 Å². The fourth-order valence-corrected chi connectivity index (χ4v) is 5.85. The first-order chi connectivity index (χ1) is 13.9. The van der Waals surface area contributed by atoms with Crippen LogP contribution < -0.4 is 0 Å². The SMILES string of the molecule is Cc1nn(-c2ccccc2)c(C)c1S(=O)(=O)N1CCN(C(=O)C2CCCO2)CC1. The van der Waals surface area contributed by atoms with Crippen LogP contribution in [0.25, 0.3) is 5.69 Å². The van der Waals surface area contributed by atoms with Crippen molar-refractivity contribution in [2.45, 2.75) is 37.7 Å². The predicted molar refractivity (Wildman–Crippen MR) is 107 cm³/mol. The lowest BCUT2D eigenvalue weighted by Crippen LogP contribution is -2.52. The molecule has 29 heavy (non-hydrogen) atoms. The van der Waals surface area contributed by atoms with Crippen LogP contribution >= 0.6 is 0 Å². The van der Waals surface area contributed by atoms with Gasteiger partial charge in [-0.25, -0.2) is 13.1 Å². The molecule has 1 aromatic carbocycles. The third-order valence-corrected chi connectivity index (χ3v) is 7.73. The zero-order chi connectivity index (χ0) is 20.6. The quantitative estimate of drug-likeness (QED) is 0.751. The Morgan fingerprint density at radius 1 is 1.10 bits per heavy atom. The van der Waals surface area contributed by atoms with E-state index in [9.17, 15) is 13.2 Å². The van der Waals surface area contributed by atoms with Gasteiger partial charge in [0, 0.05) is 32.8 Å². The zero-order valence-electron chi connectivity index (χ0n) is 16.7. The highest BCUT2D eigenvalue weighted by Crippen LogP contribution is 2.27. The number of aromatic nitrogens is 2. The minimum Gasteiger partial charge on any atom is -0.368 e. The highest BCUT2D eigenvalue weighted by Gasteiger charge is 2.36. The number of hydrogen-bond acceptors (Lipinski definition) is 5. The standard InChI is InChI=1S/C20H26N4O4S/c1-15-19(16(2)24(21-15)17-7-4-3-5-8-17)29(26,27)23-12-10-22(11-13-23)20(25)18-9-6-14-28-18/h3-5,7-8,18H,6,9-14H2,1-2H3. The second-order valence-corrected chi connectivity index (χ2v) is 9.35. The Morgan fingerprint density at radius 2 is 1.79 bits per heavy atom. The molecule has 0 radical (unpaired) electrons. The minimum absolute atomic E-state index is 0.0243. The van der Waals surface area contributed by atoms with E-state index >= 15 is 0 Å². The van der Waals surface area contributed by atoms with Crippen molar-refractivity contribution in [1.29, 1.82) is 0 Å². The zero-order valence-corrected chi connectivity index (χ0v) is 17.6. The molecule has 8 nitrogen and oxygen atoms in total. The van der Waals surface area contributed by atoms with Crippen LogP contribution in [0.2, 0.25) is 0 Å². The van der Waals surface area contributed by atoms with Crippen LogP contribution in [0.3, 0.4) is 0 Å². The third kappa shape index (κ3) is 3.70. The van der Waals surface area contributed by atoms with Crippen LogP contribution in [0.1, 0.15) is 24.2 Å². The molecule has 3 heterocycles. The van der Waals surface area contributed by atoms with Crippen LogP contribution in [0.5, 0.6) is 0 Å². The Balaban J connectivity index is 1.53. The molecule has 9 heteroatoms. The van der Waals surface area contributed by atoms with Crippen LogP contribution in [0.4, 0.5) is 0 Å². The normalized spacial score (nSPS) is 20.9. The smallest absolute Gasteiger partial charge is 0.251 e. The van der Waals surface area contributed by atoms with Gasteiger partial charge in [0.1, 0.15) is 11.0 Å². The van der Waals surface area contributed by atoms with Crippen LogP contribution in [-0.4, -0.2) is 72.2 Å². The lowest BCUT2D eigenvalue weighted by molar-refractivity contribution is -0.142. The first-order valence-electron chi connectivity index (χ1n) is 9.92. The number of amides is 1. The fraction of sp³-hybridized carbons (Fsp3) is 0.500. The first-order valence-corrected chi connectivity index (χ1v) is 11.4. The molecule has 2 aliphatic heterocycles. The van der Waals surface area contributed by atoms with Gasteiger partial charge in [-0.15, -0.1) is 0 Å². The molecule has 156 valence electrons. The number of rotatable bonds is 4. The van der Waals surface area contributed by atoms with Crippen molar-refractivity contribution in [3.63, 3.8) is 0 Å². The van der Waals surface area contributed by atoms with E-state index in [1.807, 2.05) is 30.3 Å². The van der Waals surface area contributed by atoms with Crippen molar-refractivity contribution in [3.05, 3.63) is 41.7 Å². The number of piperazine rings is 1. The van der Waals surface area contributed by atoms with E-state index in [1.165, 1.54) is 4.31 Å². The predicted octanol–water partition coefficient (Wildman–Crippen LogP) is 1.50. The number of carbonyl (C=O) groups excluding carboxylic acids is 1. The lowest BCUT2D eigenvalue weighted by Gasteiger charge is -2.35. The minimum atomic E-state index is -3.70. The van der Waals surface area contributed by atoms with Crippen molar-refractivity contribution in [2.24, 2.45) is 0 Å². The van der Waals surface area contributed by atoms with Crippen molar-refractivity contribution >= 4 is 15.9 Å². The molecule has 1 aromatic heterocycles. The Kier molecular flexibility index (Phi) is 5.46. The average molecular weight is 419 g/mol. The van der Waals surface area contributed by atoms with Crippen molar-refractivity contribution in [2.75, 3.05) is 32.8 Å². The molecule has 0 spiro atoms. The first kappa shape index (κ1) is 20.1. The second kappa shape index (κ2) is 7.89. The van der Waals surface area contributed by atoms with Gasteiger partial charge in [-0.3, -0.25) is 4.79 Å². The van der Waals surface area contributed by atoms with Crippen molar-refractivity contribution < 1.29 is 17.9 Å². The largest absolute Gasteiger partial charge is 0.368 e. The molecule has 2 saturated heterocycles. The fourth-order valence-electron chi connectivity index (χ4n) is 4.08. The van der Waals surface area contributed by atoms with Crippen molar-refractivity contribution in [3.8, 4) is 5.69 Å². The monoisotopic (exact) mass is 418 g/mol. The van der Waals surface area contributed by atoms with Gasteiger partial charge in [0.25, 0.3) is 5.91 Å². The summed E-state index contributed by atoms with van der Waals surface area (Å²) < 4.78 is 35.3. The molecule has 0 aliphatic carbocycles. The van der Waals surface area contributed by atoms with E-state index in [0.717, 1.165) is 18.5 Å². The van der Waals surface area contributed by atoms with Crippen LogP contribution in [0, 0.1) is 13.8 Å². The Bertz CT molecular complexity index is 989. The topological polar surface area (TPSA) is 84.7 Å². The average Bonchev–Trinajstić information content (AvgIpc) is 3.36. The molecule has 0 N–H and O–H groups in total. The number of para-hydroxylation sites is 1. The maximum absolute atomic E-state index is 13.4. The maximum Gasteiger partial charge on any atom is 0.251 e. The molecule has 2 aliphatic rings. The highest BCUT2D eigenvalue weighted by molar-refractivity contribution is 7.89. The molecule has 4 rings (SSSR count). The van der Waals surface area contributed by atoms with Gasteiger partial charge in [-0.1, -0.05) is 18.2 Å². The molecular weight excluding hydrogens is 392 g/mol. The molecule has 2 fully saturated rings. The number of benzene rings is 1. The number of carbonyl (C=O) groups is 1. The molecule has 1 unspecified atom stereocenters. The van der Waals surface area contributed by atoms with Gasteiger partial charge in [0.15, 0.2) is 0 Å². The van der Waals surface area contributed by atoms with Crippen LogP contribution in [-0.2, 0) is 19.6 Å². The van der Waals surface area contributed by atoms with E-state index in [0.29, 0.717) is 31.1 Å². The van der Waals surface area contributed by atoms with Gasteiger partial charge in [-0.05, 0) is 38.8 Å². The molecule has 1 amide bonds. The summed E-state index contributed by atoms with van der Waals surface area (Å²) in [4.78, 5) is 14.5. The van der Waals surface area contributed by atoms with E-state index in [4.69, 9.17) is 4.74 Å². The van der Waals surface area contributed by atoms with E-state index in [1.54, 1.807) is 23.4 Å². The Labute approximate surface area is 171 Å². The summed E-state index contributed by atoms with van der Waals surface area (Å²) in [6.45, 7) is 5.42. The summed E-state index contributed by atoms with van der Waals surface area (Å²) in [7, 11) is -3.70. The molecule has 1 atom stereocenters. The van der Waals surface area contributed by atoms with Gasteiger partial charge in [0.2, 0.25) is 10.0 Å². The molecule has 0 bridgehead atoms. The summed E-state index contributed by atoms with van der Waals surface area (Å²) >= 11 is 0. The third-order valence-electron chi connectivity index (χ3n) is 5.58. The Hall–Kier alpha value is -2.23. The Morgan fingerprint density at radius 3 is 2.41 bits per heavy atom. The summed E-state index contributed by atoms with van der Waals surface area (Å²) in [5, 5.41) is 4.47. The number of nitrogens with zero attached hydrogens (tertiary/aromatic N) is 4. The summed E-state index contributed by atoms with van der Waals surface area (Å²) in [6.07, 6.45) is 1.27. The van der Waals surface area contributed by atoms with Gasteiger partial charge < -0.3 is 9.64 Å². The van der Waals surface area contributed by atoms with E-state index in [2.05, 4.69) is 5.10 Å². The molecular formula is C20H26N4O4S. The summed E-state index contributed by atoms with van der Waals surface area (Å²) in [5.41, 5.74) is 1.89. The molecule has 0 saturated carbocycles. The highest BCUT2D eigenvalue weighted by atomic mass is 32.2. The van der Waals surface area contributed by atoms with Gasteiger partial charge >= 0.3 is 0 Å². The molecule has 2 aromatic rings. The number of ether oxygens (including phenoxy) is 1. The number of hydrogen-bond donors (Lipinski definition) is 0. The number of sulfonamides is 1. The summed E-state index contributed by atoms with van der Waals surface area (Å²) in [6, 6.07) is 9.48. The maximum atomic E-state index is 13.4. The van der Waals surface area contributed by atoms with Gasteiger partial charge in [-0.2, -0.15) is 9.40 Å². The second-order valence-electron chi connectivity index (χ2n) is 7.48. The van der Waals surface area contributed by atoms with Crippen molar-refractivity contribution in [1.82, 2.24) is 19.0 Å².